The van der Waals surface area contributed by atoms with Crippen LogP contribution < -0.4 is 5.32 Å². The van der Waals surface area contributed by atoms with E-state index in [9.17, 15) is 21.2 Å². The molecule has 8 heteroatoms. The molecule has 1 aliphatic heterocycles. The summed E-state index contributed by atoms with van der Waals surface area (Å²) in [6.07, 6.45) is 0.550. The quantitative estimate of drug-likeness (QED) is 0.785. The lowest BCUT2D eigenvalue weighted by molar-refractivity contribution is 0.528. The zero-order chi connectivity index (χ0) is 19.7. The summed E-state index contributed by atoms with van der Waals surface area (Å²) in [7, 11) is -7.20. The van der Waals surface area contributed by atoms with E-state index in [2.05, 4.69) is 5.32 Å². The van der Waals surface area contributed by atoms with E-state index in [1.54, 1.807) is 24.3 Å². The molecule has 3 rings (SSSR count). The van der Waals surface area contributed by atoms with Crippen molar-refractivity contribution in [2.75, 3.05) is 18.1 Å². The third kappa shape index (κ3) is 4.75. The van der Waals surface area contributed by atoms with Crippen molar-refractivity contribution >= 4 is 19.7 Å². The molecule has 146 valence electrons. The van der Waals surface area contributed by atoms with Gasteiger partial charge in [0.25, 0.3) is 0 Å². The van der Waals surface area contributed by atoms with Gasteiger partial charge in [-0.3, -0.25) is 0 Å². The zero-order valence-corrected chi connectivity index (χ0v) is 16.6. The number of benzene rings is 2. The maximum Gasteiger partial charge on any atom is 0.183 e. The fourth-order valence-electron chi connectivity index (χ4n) is 3.27. The summed E-state index contributed by atoms with van der Waals surface area (Å²) in [5, 5.41) is 2.07. The van der Waals surface area contributed by atoms with Gasteiger partial charge < -0.3 is 5.32 Å². The second-order valence-electron chi connectivity index (χ2n) is 6.91. The van der Waals surface area contributed by atoms with E-state index in [0.717, 1.165) is 11.1 Å². The van der Waals surface area contributed by atoms with Gasteiger partial charge in [-0.2, -0.15) is 0 Å². The molecule has 1 saturated heterocycles. The lowest BCUT2D eigenvalue weighted by Crippen LogP contribution is -2.44. The van der Waals surface area contributed by atoms with Gasteiger partial charge in [-0.25, -0.2) is 21.2 Å². The molecule has 0 amide bonds. The predicted molar refractivity (Wildman–Crippen MR) is 103 cm³/mol. The Balaban J connectivity index is 1.74. The van der Waals surface area contributed by atoms with Gasteiger partial charge in [-0.15, -0.1) is 0 Å². The SMILES string of the molecule is Cc1ccc(S(=O)(=O)[C@H]2CS(=O)(=O)C[C@@H]2NCCc2ccc(F)cc2)cc1. The van der Waals surface area contributed by atoms with E-state index in [1.165, 1.54) is 24.3 Å². The molecule has 0 saturated carbocycles. The number of halogens is 1. The van der Waals surface area contributed by atoms with E-state index in [-0.39, 0.29) is 22.2 Å². The summed E-state index contributed by atoms with van der Waals surface area (Å²) < 4.78 is 63.1. The summed E-state index contributed by atoms with van der Waals surface area (Å²) in [4.78, 5) is 0.139. The highest BCUT2D eigenvalue weighted by Gasteiger charge is 2.45. The predicted octanol–water partition coefficient (Wildman–Crippen LogP) is 1.91. The number of rotatable bonds is 6. The monoisotopic (exact) mass is 411 g/mol. The van der Waals surface area contributed by atoms with Crippen LogP contribution in [0.25, 0.3) is 0 Å². The van der Waals surface area contributed by atoms with Crippen molar-refractivity contribution in [3.05, 3.63) is 65.5 Å². The van der Waals surface area contributed by atoms with E-state index in [1.807, 2.05) is 6.92 Å². The van der Waals surface area contributed by atoms with Gasteiger partial charge in [0.2, 0.25) is 0 Å². The number of aryl methyl sites for hydroxylation is 1. The van der Waals surface area contributed by atoms with Crippen LogP contribution in [0, 0.1) is 12.7 Å². The largest absolute Gasteiger partial charge is 0.311 e. The fraction of sp³-hybridized carbons (Fsp3) is 0.368. The smallest absolute Gasteiger partial charge is 0.183 e. The van der Waals surface area contributed by atoms with E-state index in [4.69, 9.17) is 0 Å². The Morgan fingerprint density at radius 3 is 2.30 bits per heavy atom. The molecular formula is C19H22FNO4S2. The van der Waals surface area contributed by atoms with Gasteiger partial charge in [-0.05, 0) is 49.7 Å². The molecule has 2 aromatic rings. The molecule has 0 unspecified atom stereocenters. The molecular weight excluding hydrogens is 389 g/mol. The van der Waals surface area contributed by atoms with Gasteiger partial charge in [-0.1, -0.05) is 29.8 Å². The Labute approximate surface area is 159 Å². The molecule has 2 aromatic carbocycles. The Morgan fingerprint density at radius 1 is 1.04 bits per heavy atom. The summed E-state index contributed by atoms with van der Waals surface area (Å²) in [5.41, 5.74) is 1.82. The third-order valence-corrected chi connectivity index (χ3v) is 8.95. The minimum Gasteiger partial charge on any atom is -0.311 e. The van der Waals surface area contributed by atoms with E-state index in [0.29, 0.717) is 13.0 Å². The minimum atomic E-state index is -3.77. The summed E-state index contributed by atoms with van der Waals surface area (Å²) >= 11 is 0. The van der Waals surface area contributed by atoms with Crippen LogP contribution in [0.15, 0.2) is 53.4 Å². The molecule has 0 spiro atoms. The molecule has 0 bridgehead atoms. The first kappa shape index (κ1) is 20.0. The normalized spacial score (nSPS) is 22.0. The summed E-state index contributed by atoms with van der Waals surface area (Å²) in [5.74, 6) is -0.901. The first-order valence-electron chi connectivity index (χ1n) is 8.66. The molecule has 1 heterocycles. The van der Waals surface area contributed by atoms with Crippen molar-refractivity contribution in [3.8, 4) is 0 Å². The first-order valence-corrected chi connectivity index (χ1v) is 12.0. The highest BCUT2D eigenvalue weighted by Crippen LogP contribution is 2.26. The average molecular weight is 412 g/mol. The second kappa shape index (κ2) is 7.69. The number of nitrogens with one attached hydrogen (secondary N) is 1. The van der Waals surface area contributed by atoms with E-state index >= 15 is 0 Å². The van der Waals surface area contributed by atoms with Gasteiger partial charge in [0.1, 0.15) is 5.82 Å². The highest BCUT2D eigenvalue weighted by atomic mass is 32.2. The number of hydrogen-bond acceptors (Lipinski definition) is 5. The van der Waals surface area contributed by atoms with Crippen molar-refractivity contribution in [2.24, 2.45) is 0 Å². The van der Waals surface area contributed by atoms with Crippen molar-refractivity contribution in [1.82, 2.24) is 5.32 Å². The molecule has 0 aromatic heterocycles. The van der Waals surface area contributed by atoms with Crippen LogP contribution in [0.2, 0.25) is 0 Å². The molecule has 27 heavy (non-hydrogen) atoms. The van der Waals surface area contributed by atoms with Crippen LogP contribution in [0.4, 0.5) is 4.39 Å². The van der Waals surface area contributed by atoms with Gasteiger partial charge in [0, 0.05) is 6.04 Å². The average Bonchev–Trinajstić information content (AvgIpc) is 2.92. The van der Waals surface area contributed by atoms with Crippen molar-refractivity contribution < 1.29 is 21.2 Å². The Hall–Kier alpha value is -1.77. The highest BCUT2D eigenvalue weighted by molar-refractivity contribution is 7.96. The summed E-state index contributed by atoms with van der Waals surface area (Å²) in [6.45, 7) is 2.27. The van der Waals surface area contributed by atoms with Gasteiger partial charge in [0.05, 0.1) is 21.7 Å². The van der Waals surface area contributed by atoms with Crippen LogP contribution in [-0.2, 0) is 26.1 Å². The molecule has 1 N–H and O–H groups in total. The molecule has 2 atom stereocenters. The number of hydrogen-bond donors (Lipinski definition) is 1. The molecule has 0 radical (unpaired) electrons. The van der Waals surface area contributed by atoms with Crippen molar-refractivity contribution in [2.45, 2.75) is 29.5 Å². The van der Waals surface area contributed by atoms with Crippen molar-refractivity contribution in [1.29, 1.82) is 0 Å². The first-order chi connectivity index (χ1) is 12.7. The maximum atomic E-state index is 13.0. The second-order valence-corrected chi connectivity index (χ2v) is 11.2. The van der Waals surface area contributed by atoms with Gasteiger partial charge in [0.15, 0.2) is 19.7 Å². The van der Waals surface area contributed by atoms with E-state index < -0.39 is 31.0 Å². The molecule has 1 fully saturated rings. The standard InChI is InChI=1S/C19H22FNO4S2/c1-14-2-8-17(9-3-14)27(24,25)19-13-26(22,23)12-18(19)21-11-10-15-4-6-16(20)7-5-15/h2-9,18-19,21H,10-13H2,1H3/t18-,19-/m0/s1. The van der Waals surface area contributed by atoms with Crippen LogP contribution in [0.3, 0.4) is 0 Å². The van der Waals surface area contributed by atoms with Crippen LogP contribution in [0.1, 0.15) is 11.1 Å². The third-order valence-electron chi connectivity index (χ3n) is 4.78. The minimum absolute atomic E-state index is 0.139. The van der Waals surface area contributed by atoms with Crippen LogP contribution in [0.5, 0.6) is 0 Å². The molecule has 1 aliphatic rings. The Bertz CT molecular complexity index is 1000. The summed E-state index contributed by atoms with van der Waals surface area (Å²) in [6, 6.07) is 11.8. The maximum absolute atomic E-state index is 13.0. The Kier molecular flexibility index (Phi) is 5.69. The lowest BCUT2D eigenvalue weighted by Gasteiger charge is -2.20. The molecule has 5 nitrogen and oxygen atoms in total. The van der Waals surface area contributed by atoms with Crippen LogP contribution in [-0.4, -0.2) is 46.2 Å². The van der Waals surface area contributed by atoms with Gasteiger partial charge >= 0.3 is 0 Å². The van der Waals surface area contributed by atoms with Crippen LogP contribution >= 0.6 is 0 Å². The Morgan fingerprint density at radius 2 is 1.67 bits per heavy atom. The number of sulfone groups is 2. The van der Waals surface area contributed by atoms with Crippen molar-refractivity contribution in [3.63, 3.8) is 0 Å². The zero-order valence-electron chi connectivity index (χ0n) is 14.9. The fourth-order valence-corrected chi connectivity index (χ4v) is 7.98. The molecule has 0 aliphatic carbocycles. The topological polar surface area (TPSA) is 80.3 Å². The lowest BCUT2D eigenvalue weighted by atomic mass is 10.1.